The molecule has 0 radical (unpaired) electrons. The topological polar surface area (TPSA) is 66.4 Å². The van der Waals surface area contributed by atoms with E-state index < -0.39 is 5.91 Å². The number of carbonyl (C=O) groups excluding carboxylic acids is 2. The zero-order valence-corrected chi connectivity index (χ0v) is 12.9. The summed E-state index contributed by atoms with van der Waals surface area (Å²) in [6.45, 7) is 3.95. The number of amides is 1. The molecule has 0 heterocycles. The van der Waals surface area contributed by atoms with Crippen molar-refractivity contribution in [3.8, 4) is 0 Å². The summed E-state index contributed by atoms with van der Waals surface area (Å²) in [5.41, 5.74) is 1.13. The highest BCUT2D eigenvalue weighted by Gasteiger charge is 2.23. The van der Waals surface area contributed by atoms with Crippen LogP contribution in [0.25, 0.3) is 0 Å². The zero-order valence-electron chi connectivity index (χ0n) is 12.9. The normalized spacial score (nSPS) is 17.0. The molecule has 0 bridgehead atoms. The molecule has 0 aliphatic heterocycles. The molecule has 1 aliphatic carbocycles. The first-order chi connectivity index (χ1) is 10.5. The van der Waals surface area contributed by atoms with Crippen LogP contribution in [-0.4, -0.2) is 16.8 Å². The highest BCUT2D eigenvalue weighted by Crippen LogP contribution is 2.17. The Morgan fingerprint density at radius 2 is 1.77 bits per heavy atom. The van der Waals surface area contributed by atoms with Gasteiger partial charge in [0.25, 0.3) is 0 Å². The maximum absolute atomic E-state index is 11.6. The smallest absolute Gasteiger partial charge is 0.248 e. The molecule has 0 fully saturated rings. The van der Waals surface area contributed by atoms with E-state index in [1.807, 2.05) is 44.2 Å². The van der Waals surface area contributed by atoms with Crippen LogP contribution in [0.2, 0.25) is 0 Å². The van der Waals surface area contributed by atoms with Crippen molar-refractivity contribution >= 4 is 11.7 Å². The molecule has 0 saturated carbocycles. The molecule has 2 N–H and O–H groups in total. The first-order valence-electron chi connectivity index (χ1n) is 7.12. The molecule has 1 rings (SSSR count). The molecule has 22 heavy (non-hydrogen) atoms. The predicted molar refractivity (Wildman–Crippen MR) is 88.0 cm³/mol. The summed E-state index contributed by atoms with van der Waals surface area (Å²) in [6, 6.07) is 0. The maximum atomic E-state index is 11.6. The van der Waals surface area contributed by atoms with Gasteiger partial charge in [0.1, 0.15) is 11.5 Å². The van der Waals surface area contributed by atoms with Gasteiger partial charge in [0.15, 0.2) is 5.78 Å². The fourth-order valence-electron chi connectivity index (χ4n) is 1.73. The Bertz CT molecular complexity index is 602. The third-order valence-corrected chi connectivity index (χ3v) is 2.90. The minimum Gasteiger partial charge on any atom is -0.510 e. The minimum absolute atomic E-state index is 0.0169. The van der Waals surface area contributed by atoms with Crippen molar-refractivity contribution in [1.82, 2.24) is 5.32 Å². The van der Waals surface area contributed by atoms with Crippen LogP contribution in [0.1, 0.15) is 26.7 Å². The largest absolute Gasteiger partial charge is 0.510 e. The van der Waals surface area contributed by atoms with Gasteiger partial charge in [0, 0.05) is 18.9 Å². The lowest BCUT2D eigenvalue weighted by Gasteiger charge is -2.01. The Morgan fingerprint density at radius 3 is 2.36 bits per heavy atom. The fourth-order valence-corrected chi connectivity index (χ4v) is 1.73. The van der Waals surface area contributed by atoms with E-state index in [1.165, 1.54) is 6.08 Å². The fraction of sp³-hybridized carbons (Fsp3) is 0.222. The van der Waals surface area contributed by atoms with Gasteiger partial charge in [-0.25, -0.2) is 0 Å². The number of nitrogens with one attached hydrogen (secondary N) is 1. The monoisotopic (exact) mass is 299 g/mol. The van der Waals surface area contributed by atoms with Gasteiger partial charge in [-0.2, -0.15) is 0 Å². The van der Waals surface area contributed by atoms with E-state index in [0.29, 0.717) is 6.42 Å². The number of aliphatic hydroxyl groups is 1. The lowest BCUT2D eigenvalue weighted by Crippen LogP contribution is -2.24. The van der Waals surface area contributed by atoms with Crippen molar-refractivity contribution in [1.29, 1.82) is 0 Å². The van der Waals surface area contributed by atoms with Gasteiger partial charge in [0.05, 0.1) is 0 Å². The third-order valence-electron chi connectivity index (χ3n) is 2.90. The van der Waals surface area contributed by atoms with E-state index in [9.17, 15) is 14.7 Å². The summed E-state index contributed by atoms with van der Waals surface area (Å²) in [7, 11) is 0. The van der Waals surface area contributed by atoms with Gasteiger partial charge in [-0.1, -0.05) is 54.2 Å². The van der Waals surface area contributed by atoms with Gasteiger partial charge >= 0.3 is 0 Å². The Labute approximate surface area is 130 Å². The van der Waals surface area contributed by atoms with Crippen molar-refractivity contribution in [3.63, 3.8) is 0 Å². The average Bonchev–Trinajstić information content (AvgIpc) is 2.80. The molecule has 0 aromatic heterocycles. The Kier molecular flexibility index (Phi) is 7.40. The SMILES string of the molecule is C/C=C/C=C(C)/C=C/C=C/C=C/C(=O)NC1=C(O)CCC1=O. The Morgan fingerprint density at radius 1 is 1.09 bits per heavy atom. The van der Waals surface area contributed by atoms with Crippen molar-refractivity contribution in [3.05, 3.63) is 71.7 Å². The molecule has 0 spiro atoms. The molecule has 0 unspecified atom stereocenters. The van der Waals surface area contributed by atoms with Crippen LogP contribution in [0.3, 0.4) is 0 Å². The van der Waals surface area contributed by atoms with Crippen molar-refractivity contribution < 1.29 is 14.7 Å². The number of carbonyl (C=O) groups is 2. The number of aliphatic hydroxyl groups excluding tert-OH is 1. The van der Waals surface area contributed by atoms with Crippen LogP contribution >= 0.6 is 0 Å². The van der Waals surface area contributed by atoms with Crippen molar-refractivity contribution in [2.45, 2.75) is 26.7 Å². The second kappa shape index (κ2) is 9.34. The van der Waals surface area contributed by atoms with Crippen LogP contribution in [-0.2, 0) is 9.59 Å². The first kappa shape index (κ1) is 17.4. The second-order valence-corrected chi connectivity index (χ2v) is 4.77. The Balaban J connectivity index is 2.44. The van der Waals surface area contributed by atoms with E-state index in [-0.39, 0.29) is 23.7 Å². The van der Waals surface area contributed by atoms with E-state index in [2.05, 4.69) is 5.32 Å². The van der Waals surface area contributed by atoms with Gasteiger partial charge < -0.3 is 10.4 Å². The lowest BCUT2D eigenvalue weighted by atomic mass is 10.2. The second-order valence-electron chi connectivity index (χ2n) is 4.77. The number of Topliss-reactive ketones (excluding diaryl/α,β-unsaturated/α-hetero) is 1. The highest BCUT2D eigenvalue weighted by molar-refractivity contribution is 6.03. The van der Waals surface area contributed by atoms with Crippen molar-refractivity contribution in [2.24, 2.45) is 0 Å². The standard InChI is InChI=1S/C18H21NO3/c1-3-4-9-14(2)10-7-5-6-8-11-17(22)19-18-15(20)12-13-16(18)21/h3-11,20H,12-13H2,1-2H3,(H,19,22)/b4-3+,6-5+,10-7+,11-8+,14-9+. The number of ketones is 1. The van der Waals surface area contributed by atoms with E-state index in [0.717, 1.165) is 5.57 Å². The molecule has 0 aromatic rings. The molecule has 0 aromatic carbocycles. The van der Waals surface area contributed by atoms with Gasteiger partial charge in [-0.3, -0.25) is 9.59 Å². The number of rotatable bonds is 6. The van der Waals surface area contributed by atoms with Crippen LogP contribution in [0, 0.1) is 0 Å². The highest BCUT2D eigenvalue weighted by atomic mass is 16.3. The third kappa shape index (κ3) is 6.22. The quantitative estimate of drug-likeness (QED) is 0.583. The first-order valence-corrected chi connectivity index (χ1v) is 7.12. The Hall–Kier alpha value is -2.62. The molecule has 1 amide bonds. The molecule has 4 nitrogen and oxygen atoms in total. The summed E-state index contributed by atoms with van der Waals surface area (Å²) in [5.74, 6) is -0.718. The van der Waals surface area contributed by atoms with Crippen LogP contribution < -0.4 is 5.32 Å². The zero-order chi connectivity index (χ0) is 16.4. The number of hydrogen-bond acceptors (Lipinski definition) is 3. The van der Waals surface area contributed by atoms with Crippen LogP contribution in [0.15, 0.2) is 71.7 Å². The summed E-state index contributed by atoms with van der Waals surface area (Å²) in [4.78, 5) is 23.0. The summed E-state index contributed by atoms with van der Waals surface area (Å²) in [6.07, 6.45) is 16.7. The molecule has 4 heteroatoms. The molecular formula is C18H21NO3. The number of hydrogen-bond donors (Lipinski definition) is 2. The van der Waals surface area contributed by atoms with Crippen LogP contribution in [0.5, 0.6) is 0 Å². The average molecular weight is 299 g/mol. The molecule has 0 atom stereocenters. The van der Waals surface area contributed by atoms with E-state index in [4.69, 9.17) is 0 Å². The minimum atomic E-state index is -0.436. The van der Waals surface area contributed by atoms with Crippen molar-refractivity contribution in [2.75, 3.05) is 0 Å². The lowest BCUT2D eigenvalue weighted by molar-refractivity contribution is -0.119. The molecule has 0 saturated heterocycles. The predicted octanol–water partition coefficient (Wildman–Crippen LogP) is 3.43. The van der Waals surface area contributed by atoms with Gasteiger partial charge in [-0.15, -0.1) is 0 Å². The van der Waals surface area contributed by atoms with Gasteiger partial charge in [-0.05, 0) is 13.8 Å². The molecular weight excluding hydrogens is 278 g/mol. The van der Waals surface area contributed by atoms with Crippen LogP contribution in [0.4, 0.5) is 0 Å². The van der Waals surface area contributed by atoms with Gasteiger partial charge in [0.2, 0.25) is 5.91 Å². The summed E-state index contributed by atoms with van der Waals surface area (Å²) >= 11 is 0. The summed E-state index contributed by atoms with van der Waals surface area (Å²) < 4.78 is 0. The van der Waals surface area contributed by atoms with E-state index in [1.54, 1.807) is 18.2 Å². The summed E-state index contributed by atoms with van der Waals surface area (Å²) in [5, 5.41) is 11.8. The maximum Gasteiger partial charge on any atom is 0.248 e. The molecule has 116 valence electrons. The van der Waals surface area contributed by atoms with E-state index >= 15 is 0 Å². The number of allylic oxidation sites excluding steroid dienone is 11. The molecule has 1 aliphatic rings.